The molecule has 0 aromatic carbocycles. The minimum absolute atomic E-state index is 0.0469. The molecule has 0 saturated carbocycles. The second kappa shape index (κ2) is 7.19. The molecule has 2 heterocycles. The second-order valence-electron chi connectivity index (χ2n) is 5.28. The Balaban J connectivity index is 1.88. The largest absolute Gasteiger partial charge is 0.395 e. The molecule has 2 aliphatic heterocycles. The zero-order valence-electron chi connectivity index (χ0n) is 11.7. The summed E-state index contributed by atoms with van der Waals surface area (Å²) in [6, 6.07) is 0.143. The van der Waals surface area contributed by atoms with Crippen molar-refractivity contribution in [1.29, 1.82) is 0 Å². The minimum Gasteiger partial charge on any atom is -0.395 e. The van der Waals surface area contributed by atoms with E-state index in [1.807, 2.05) is 11.9 Å². The maximum absolute atomic E-state index is 12.5. The number of aliphatic hydroxyl groups excluding tert-OH is 1. The number of hydrogen-bond donors (Lipinski definition) is 2. The SMILES string of the molecule is CNC1COCC1C(=O)N1CCCN(CCO)CC1. The van der Waals surface area contributed by atoms with Crippen LogP contribution in [0.1, 0.15) is 6.42 Å². The minimum atomic E-state index is -0.0469. The van der Waals surface area contributed by atoms with Crippen LogP contribution < -0.4 is 5.32 Å². The Morgan fingerprint density at radius 1 is 1.32 bits per heavy atom. The van der Waals surface area contributed by atoms with Crippen LogP contribution in [0.3, 0.4) is 0 Å². The smallest absolute Gasteiger partial charge is 0.229 e. The molecular weight excluding hydrogens is 246 g/mol. The summed E-state index contributed by atoms with van der Waals surface area (Å²) in [5.41, 5.74) is 0. The third kappa shape index (κ3) is 3.66. The number of carbonyl (C=O) groups is 1. The lowest BCUT2D eigenvalue weighted by Gasteiger charge is -2.26. The maximum atomic E-state index is 12.5. The van der Waals surface area contributed by atoms with Crippen molar-refractivity contribution in [1.82, 2.24) is 15.1 Å². The molecule has 110 valence electrons. The first-order valence-electron chi connectivity index (χ1n) is 7.13. The van der Waals surface area contributed by atoms with Crippen LogP contribution in [0.25, 0.3) is 0 Å². The monoisotopic (exact) mass is 271 g/mol. The molecule has 0 bridgehead atoms. The summed E-state index contributed by atoms with van der Waals surface area (Å²) in [6.07, 6.45) is 0.976. The van der Waals surface area contributed by atoms with Crippen LogP contribution in [0.4, 0.5) is 0 Å². The third-order valence-electron chi connectivity index (χ3n) is 4.08. The summed E-state index contributed by atoms with van der Waals surface area (Å²) in [4.78, 5) is 16.7. The normalized spacial score (nSPS) is 29.5. The topological polar surface area (TPSA) is 65.0 Å². The van der Waals surface area contributed by atoms with Crippen molar-refractivity contribution in [2.45, 2.75) is 12.5 Å². The number of nitrogens with one attached hydrogen (secondary N) is 1. The number of ether oxygens (including phenoxy) is 1. The van der Waals surface area contributed by atoms with Gasteiger partial charge in [-0.3, -0.25) is 9.69 Å². The van der Waals surface area contributed by atoms with Gasteiger partial charge in [-0.05, 0) is 20.0 Å². The van der Waals surface area contributed by atoms with E-state index in [0.717, 1.165) is 32.6 Å². The fourth-order valence-corrected chi connectivity index (χ4v) is 2.87. The van der Waals surface area contributed by atoms with E-state index in [4.69, 9.17) is 9.84 Å². The van der Waals surface area contributed by atoms with Gasteiger partial charge < -0.3 is 20.1 Å². The highest BCUT2D eigenvalue weighted by molar-refractivity contribution is 5.80. The van der Waals surface area contributed by atoms with Crippen LogP contribution in [0.15, 0.2) is 0 Å². The van der Waals surface area contributed by atoms with Crippen LogP contribution in [0.2, 0.25) is 0 Å². The lowest BCUT2D eigenvalue weighted by Crippen LogP contribution is -2.46. The Bertz CT molecular complexity index is 301. The molecule has 1 amide bonds. The fourth-order valence-electron chi connectivity index (χ4n) is 2.87. The van der Waals surface area contributed by atoms with E-state index in [0.29, 0.717) is 19.8 Å². The van der Waals surface area contributed by atoms with Gasteiger partial charge in [0.1, 0.15) is 0 Å². The first-order valence-corrected chi connectivity index (χ1v) is 7.13. The Labute approximate surface area is 114 Å². The van der Waals surface area contributed by atoms with E-state index >= 15 is 0 Å². The molecule has 2 atom stereocenters. The lowest BCUT2D eigenvalue weighted by molar-refractivity contribution is -0.135. The first kappa shape index (κ1) is 14.7. The third-order valence-corrected chi connectivity index (χ3v) is 4.08. The van der Waals surface area contributed by atoms with Crippen molar-refractivity contribution in [3.8, 4) is 0 Å². The standard InChI is InChI=1S/C13H25N3O3/c1-14-12-10-19-9-11(12)13(18)16-4-2-3-15(5-6-16)7-8-17/h11-12,14,17H,2-10H2,1H3. The number of aliphatic hydroxyl groups is 1. The van der Waals surface area contributed by atoms with Gasteiger partial charge in [0, 0.05) is 32.2 Å². The highest BCUT2D eigenvalue weighted by Crippen LogP contribution is 2.17. The zero-order chi connectivity index (χ0) is 13.7. The van der Waals surface area contributed by atoms with Crippen LogP contribution in [-0.4, -0.2) is 86.4 Å². The Kier molecular flexibility index (Phi) is 5.57. The molecule has 0 aliphatic carbocycles. The molecule has 0 aromatic rings. The average molecular weight is 271 g/mol. The Morgan fingerprint density at radius 3 is 2.89 bits per heavy atom. The summed E-state index contributed by atoms with van der Waals surface area (Å²) >= 11 is 0. The van der Waals surface area contributed by atoms with Crippen molar-refractivity contribution >= 4 is 5.91 Å². The van der Waals surface area contributed by atoms with Crippen LogP contribution in [-0.2, 0) is 9.53 Å². The van der Waals surface area contributed by atoms with Crippen molar-refractivity contribution < 1.29 is 14.6 Å². The molecule has 0 spiro atoms. The van der Waals surface area contributed by atoms with Crippen LogP contribution >= 0.6 is 0 Å². The van der Waals surface area contributed by atoms with Crippen molar-refractivity contribution in [3.63, 3.8) is 0 Å². The number of rotatable bonds is 4. The van der Waals surface area contributed by atoms with Gasteiger partial charge in [-0.15, -0.1) is 0 Å². The van der Waals surface area contributed by atoms with Crippen LogP contribution in [0.5, 0.6) is 0 Å². The molecule has 6 heteroatoms. The quantitative estimate of drug-likeness (QED) is 0.669. The van der Waals surface area contributed by atoms with Gasteiger partial charge in [0.05, 0.1) is 25.7 Å². The highest BCUT2D eigenvalue weighted by atomic mass is 16.5. The zero-order valence-corrected chi connectivity index (χ0v) is 11.7. The predicted molar refractivity (Wildman–Crippen MR) is 71.9 cm³/mol. The Hall–Kier alpha value is -0.690. The molecular formula is C13H25N3O3. The van der Waals surface area contributed by atoms with E-state index in [2.05, 4.69) is 10.2 Å². The highest BCUT2D eigenvalue weighted by Gasteiger charge is 2.36. The van der Waals surface area contributed by atoms with E-state index < -0.39 is 0 Å². The summed E-state index contributed by atoms with van der Waals surface area (Å²) in [7, 11) is 1.88. The molecule has 19 heavy (non-hydrogen) atoms. The number of carbonyl (C=O) groups excluding carboxylic acids is 1. The van der Waals surface area contributed by atoms with E-state index in [9.17, 15) is 4.79 Å². The number of likely N-dealkylation sites (N-methyl/N-ethyl adjacent to an activating group) is 1. The summed E-state index contributed by atoms with van der Waals surface area (Å²) in [6.45, 7) is 5.42. The Morgan fingerprint density at radius 2 is 2.16 bits per heavy atom. The molecule has 0 aromatic heterocycles. The molecule has 2 aliphatic rings. The summed E-state index contributed by atoms with van der Waals surface area (Å²) in [5.74, 6) is 0.164. The van der Waals surface area contributed by atoms with E-state index in [1.165, 1.54) is 0 Å². The molecule has 6 nitrogen and oxygen atoms in total. The second-order valence-corrected chi connectivity index (χ2v) is 5.28. The first-order chi connectivity index (χ1) is 9.26. The summed E-state index contributed by atoms with van der Waals surface area (Å²) in [5, 5.41) is 12.1. The van der Waals surface area contributed by atoms with Gasteiger partial charge in [-0.1, -0.05) is 0 Å². The lowest BCUT2D eigenvalue weighted by atomic mass is 10.0. The molecule has 2 N–H and O–H groups in total. The number of nitrogens with zero attached hydrogens (tertiary/aromatic N) is 2. The molecule has 0 radical (unpaired) electrons. The molecule has 2 rings (SSSR count). The van der Waals surface area contributed by atoms with Crippen LogP contribution in [0, 0.1) is 5.92 Å². The predicted octanol–water partition coefficient (Wildman–Crippen LogP) is -1.25. The number of β-amino-alcohol motifs (C(OH)–C–C–N with tert-alkyl or cyclic N) is 1. The molecule has 2 saturated heterocycles. The number of amides is 1. The molecule has 2 unspecified atom stereocenters. The summed E-state index contributed by atoms with van der Waals surface area (Å²) < 4.78 is 5.41. The molecule has 2 fully saturated rings. The average Bonchev–Trinajstić information content (AvgIpc) is 2.78. The van der Waals surface area contributed by atoms with E-state index in [1.54, 1.807) is 0 Å². The van der Waals surface area contributed by atoms with Crippen molar-refractivity contribution in [2.24, 2.45) is 5.92 Å². The van der Waals surface area contributed by atoms with Crippen molar-refractivity contribution in [3.05, 3.63) is 0 Å². The van der Waals surface area contributed by atoms with Gasteiger partial charge in [-0.2, -0.15) is 0 Å². The van der Waals surface area contributed by atoms with Crippen molar-refractivity contribution in [2.75, 3.05) is 59.6 Å². The van der Waals surface area contributed by atoms with Gasteiger partial charge in [0.15, 0.2) is 0 Å². The maximum Gasteiger partial charge on any atom is 0.229 e. The van der Waals surface area contributed by atoms with E-state index in [-0.39, 0.29) is 24.5 Å². The van der Waals surface area contributed by atoms with Gasteiger partial charge in [-0.25, -0.2) is 0 Å². The van der Waals surface area contributed by atoms with Gasteiger partial charge in [0.25, 0.3) is 0 Å². The fraction of sp³-hybridized carbons (Fsp3) is 0.923. The number of hydrogen-bond acceptors (Lipinski definition) is 5. The van der Waals surface area contributed by atoms with Gasteiger partial charge >= 0.3 is 0 Å². The van der Waals surface area contributed by atoms with Gasteiger partial charge in [0.2, 0.25) is 5.91 Å².